The average Bonchev–Trinajstić information content (AvgIpc) is 2.93. The Morgan fingerprint density at radius 1 is 1.14 bits per heavy atom. The fraction of sp³-hybridized carbons (Fsp3) is 0.118. The molecule has 0 aliphatic rings. The van der Waals surface area contributed by atoms with Gasteiger partial charge >= 0.3 is 0 Å². The Hall–Kier alpha value is -2.33. The largest absolute Gasteiger partial charge is 0.398 e. The number of nitrogens with zero attached hydrogens (tertiary/aromatic N) is 1. The summed E-state index contributed by atoms with van der Waals surface area (Å²) in [7, 11) is 0. The lowest BCUT2D eigenvalue weighted by Crippen LogP contribution is -2.02. The van der Waals surface area contributed by atoms with E-state index in [2.05, 4.69) is 33.9 Å². The molecular weight excluding hydrogens is 278 g/mol. The maximum absolute atomic E-state index is 5.96. The third kappa shape index (κ3) is 3.23. The summed E-state index contributed by atoms with van der Waals surface area (Å²) in [6.07, 6.45) is 0. The molecule has 3 N–H and O–H groups in total. The van der Waals surface area contributed by atoms with Gasteiger partial charge in [0.1, 0.15) is 0 Å². The Bertz CT molecular complexity index is 749. The second-order valence-corrected chi connectivity index (χ2v) is 5.95. The number of para-hydroxylation sites is 1. The van der Waals surface area contributed by atoms with Crippen molar-refractivity contribution in [3.05, 3.63) is 64.5 Å². The molecule has 1 heterocycles. The van der Waals surface area contributed by atoms with E-state index in [1.165, 1.54) is 0 Å². The van der Waals surface area contributed by atoms with Crippen LogP contribution in [-0.2, 0) is 6.54 Å². The van der Waals surface area contributed by atoms with Crippen molar-refractivity contribution in [2.45, 2.75) is 13.5 Å². The highest BCUT2D eigenvalue weighted by Crippen LogP contribution is 2.24. The third-order valence-electron chi connectivity index (χ3n) is 3.32. The van der Waals surface area contributed by atoms with E-state index in [0.29, 0.717) is 6.54 Å². The van der Waals surface area contributed by atoms with Crippen molar-refractivity contribution in [1.82, 2.24) is 4.98 Å². The number of hydrogen-bond donors (Lipinski definition) is 2. The molecule has 0 spiro atoms. The molecule has 0 atom stereocenters. The van der Waals surface area contributed by atoms with Crippen LogP contribution in [0.1, 0.15) is 10.6 Å². The molecule has 106 valence electrons. The van der Waals surface area contributed by atoms with E-state index >= 15 is 0 Å². The van der Waals surface area contributed by atoms with Crippen LogP contribution in [0.25, 0.3) is 11.3 Å². The smallest absolute Gasteiger partial charge is 0.0901 e. The predicted molar refractivity (Wildman–Crippen MR) is 90.5 cm³/mol. The molecule has 0 radical (unpaired) electrons. The van der Waals surface area contributed by atoms with Gasteiger partial charge in [0, 0.05) is 28.9 Å². The van der Waals surface area contributed by atoms with E-state index in [9.17, 15) is 0 Å². The van der Waals surface area contributed by atoms with Crippen molar-refractivity contribution in [2.75, 3.05) is 11.1 Å². The van der Waals surface area contributed by atoms with Crippen LogP contribution in [0.15, 0.2) is 53.9 Å². The Balaban J connectivity index is 1.76. The molecule has 0 aliphatic carbocycles. The van der Waals surface area contributed by atoms with Gasteiger partial charge in [-0.3, -0.25) is 0 Å². The minimum Gasteiger partial charge on any atom is -0.398 e. The Labute approximate surface area is 128 Å². The number of aromatic nitrogens is 1. The van der Waals surface area contributed by atoms with E-state index in [1.807, 2.05) is 37.3 Å². The topological polar surface area (TPSA) is 50.9 Å². The number of nitrogens with two attached hydrogens (primary N) is 1. The zero-order valence-electron chi connectivity index (χ0n) is 11.8. The molecule has 1 aromatic heterocycles. The van der Waals surface area contributed by atoms with Gasteiger partial charge in [-0.2, -0.15) is 0 Å². The van der Waals surface area contributed by atoms with Gasteiger partial charge in [-0.15, -0.1) is 11.3 Å². The van der Waals surface area contributed by atoms with Crippen LogP contribution < -0.4 is 11.1 Å². The molecule has 3 rings (SSSR count). The van der Waals surface area contributed by atoms with Gasteiger partial charge in [0.2, 0.25) is 0 Å². The SMILES string of the molecule is Cc1nc(-c2cccc(NCc3ccccc3N)c2)cs1. The molecule has 0 bridgehead atoms. The Morgan fingerprint density at radius 3 is 2.76 bits per heavy atom. The molecule has 0 unspecified atom stereocenters. The highest BCUT2D eigenvalue weighted by Gasteiger charge is 2.03. The lowest BCUT2D eigenvalue weighted by atomic mass is 10.1. The average molecular weight is 295 g/mol. The Morgan fingerprint density at radius 2 is 2.00 bits per heavy atom. The lowest BCUT2D eigenvalue weighted by molar-refractivity contribution is 1.15. The molecule has 4 heteroatoms. The number of nitrogens with one attached hydrogen (secondary N) is 1. The first-order valence-electron chi connectivity index (χ1n) is 6.82. The van der Waals surface area contributed by atoms with Crippen molar-refractivity contribution < 1.29 is 0 Å². The van der Waals surface area contributed by atoms with Crippen LogP contribution in [0.5, 0.6) is 0 Å². The second-order valence-electron chi connectivity index (χ2n) is 4.88. The summed E-state index contributed by atoms with van der Waals surface area (Å²) in [6.45, 7) is 2.74. The normalized spacial score (nSPS) is 10.5. The monoisotopic (exact) mass is 295 g/mol. The highest BCUT2D eigenvalue weighted by atomic mass is 32.1. The zero-order chi connectivity index (χ0) is 14.7. The lowest BCUT2D eigenvalue weighted by Gasteiger charge is -2.09. The van der Waals surface area contributed by atoms with Crippen molar-refractivity contribution >= 4 is 22.7 Å². The number of nitrogen functional groups attached to an aromatic ring is 1. The summed E-state index contributed by atoms with van der Waals surface area (Å²) < 4.78 is 0. The number of aryl methyl sites for hydroxylation is 1. The first-order valence-corrected chi connectivity index (χ1v) is 7.70. The van der Waals surface area contributed by atoms with Crippen molar-refractivity contribution in [3.8, 4) is 11.3 Å². The molecule has 0 saturated carbocycles. The fourth-order valence-corrected chi connectivity index (χ4v) is 2.80. The minimum atomic E-state index is 0.715. The summed E-state index contributed by atoms with van der Waals surface area (Å²) in [5.74, 6) is 0. The van der Waals surface area contributed by atoms with Crippen LogP contribution in [0.2, 0.25) is 0 Å². The third-order valence-corrected chi connectivity index (χ3v) is 4.09. The molecule has 0 aliphatic heterocycles. The number of thiazole rings is 1. The van der Waals surface area contributed by atoms with Gasteiger partial charge in [0.25, 0.3) is 0 Å². The van der Waals surface area contributed by atoms with Crippen LogP contribution in [0, 0.1) is 6.92 Å². The van der Waals surface area contributed by atoms with E-state index in [4.69, 9.17) is 5.73 Å². The van der Waals surface area contributed by atoms with Gasteiger partial charge in [-0.05, 0) is 30.7 Å². The quantitative estimate of drug-likeness (QED) is 0.705. The summed E-state index contributed by atoms with van der Waals surface area (Å²) >= 11 is 1.67. The molecule has 0 amide bonds. The zero-order valence-corrected chi connectivity index (χ0v) is 12.7. The van der Waals surface area contributed by atoms with E-state index in [1.54, 1.807) is 11.3 Å². The molecule has 0 fully saturated rings. The highest BCUT2D eigenvalue weighted by molar-refractivity contribution is 7.09. The predicted octanol–water partition coefficient (Wildman–Crippen LogP) is 4.31. The maximum Gasteiger partial charge on any atom is 0.0901 e. The number of rotatable bonds is 4. The molecule has 3 aromatic rings. The van der Waals surface area contributed by atoms with E-state index in [-0.39, 0.29) is 0 Å². The van der Waals surface area contributed by atoms with E-state index in [0.717, 1.165) is 33.2 Å². The van der Waals surface area contributed by atoms with Crippen LogP contribution in [0.4, 0.5) is 11.4 Å². The first-order chi connectivity index (χ1) is 10.2. The number of hydrogen-bond acceptors (Lipinski definition) is 4. The van der Waals surface area contributed by atoms with Crippen molar-refractivity contribution in [2.24, 2.45) is 0 Å². The van der Waals surface area contributed by atoms with Gasteiger partial charge in [-0.1, -0.05) is 30.3 Å². The molecule has 0 saturated heterocycles. The first kappa shape index (κ1) is 13.6. The minimum absolute atomic E-state index is 0.715. The van der Waals surface area contributed by atoms with Crippen molar-refractivity contribution in [1.29, 1.82) is 0 Å². The number of anilines is 2. The van der Waals surface area contributed by atoms with Gasteiger partial charge in [-0.25, -0.2) is 4.98 Å². The standard InChI is InChI=1S/C17H17N3S/c1-12-20-17(11-21-12)13-6-4-7-15(9-13)19-10-14-5-2-3-8-16(14)18/h2-9,11,19H,10,18H2,1H3. The van der Waals surface area contributed by atoms with Gasteiger partial charge < -0.3 is 11.1 Å². The molecular formula is C17H17N3S. The maximum atomic E-state index is 5.96. The second kappa shape index (κ2) is 5.97. The van der Waals surface area contributed by atoms with E-state index < -0.39 is 0 Å². The van der Waals surface area contributed by atoms with Crippen LogP contribution in [-0.4, -0.2) is 4.98 Å². The molecule has 3 nitrogen and oxygen atoms in total. The summed E-state index contributed by atoms with van der Waals surface area (Å²) in [6, 6.07) is 16.2. The fourth-order valence-electron chi connectivity index (χ4n) is 2.18. The summed E-state index contributed by atoms with van der Waals surface area (Å²) in [5.41, 5.74) is 11.1. The summed E-state index contributed by atoms with van der Waals surface area (Å²) in [5, 5.41) is 6.59. The summed E-state index contributed by atoms with van der Waals surface area (Å²) in [4.78, 5) is 4.53. The van der Waals surface area contributed by atoms with Crippen LogP contribution >= 0.6 is 11.3 Å². The van der Waals surface area contributed by atoms with Crippen LogP contribution in [0.3, 0.4) is 0 Å². The van der Waals surface area contributed by atoms with Gasteiger partial charge in [0.15, 0.2) is 0 Å². The van der Waals surface area contributed by atoms with Gasteiger partial charge in [0.05, 0.1) is 10.7 Å². The molecule has 21 heavy (non-hydrogen) atoms. The Kier molecular flexibility index (Phi) is 3.88. The van der Waals surface area contributed by atoms with Crippen molar-refractivity contribution in [3.63, 3.8) is 0 Å². The number of benzene rings is 2. The molecule has 2 aromatic carbocycles.